The molecule has 1 saturated heterocycles. The van der Waals surface area contributed by atoms with E-state index in [4.69, 9.17) is 0 Å². The van der Waals surface area contributed by atoms with Gasteiger partial charge in [0, 0.05) is 30.9 Å². The van der Waals surface area contributed by atoms with Crippen molar-refractivity contribution in [3.8, 4) is 0 Å². The fraction of sp³-hybridized carbons (Fsp3) is 0.583. The lowest BCUT2D eigenvalue weighted by Crippen LogP contribution is -2.28. The molecule has 4 heteroatoms. The summed E-state index contributed by atoms with van der Waals surface area (Å²) in [6, 6.07) is 4.21. The lowest BCUT2D eigenvalue weighted by molar-refractivity contribution is -0.127. The van der Waals surface area contributed by atoms with Gasteiger partial charge in [-0.25, -0.2) is 0 Å². The van der Waals surface area contributed by atoms with Gasteiger partial charge in [-0.15, -0.1) is 11.3 Å². The Balaban J connectivity index is 1.53. The molecule has 1 fully saturated rings. The Morgan fingerprint density at radius 2 is 2.44 bits per heavy atom. The van der Waals surface area contributed by atoms with Gasteiger partial charge in [0.15, 0.2) is 0 Å². The van der Waals surface area contributed by atoms with Crippen molar-refractivity contribution in [3.63, 3.8) is 0 Å². The van der Waals surface area contributed by atoms with Gasteiger partial charge in [0.2, 0.25) is 5.91 Å². The quantitative estimate of drug-likeness (QED) is 0.767. The molecule has 0 radical (unpaired) electrons. The van der Waals surface area contributed by atoms with E-state index in [2.05, 4.69) is 22.8 Å². The first kappa shape index (κ1) is 11.6. The fourth-order valence-electron chi connectivity index (χ4n) is 1.96. The normalized spacial score (nSPS) is 16.0. The second-order valence-electron chi connectivity index (χ2n) is 4.09. The van der Waals surface area contributed by atoms with Crippen molar-refractivity contribution in [3.05, 3.63) is 22.4 Å². The van der Waals surface area contributed by atoms with E-state index in [1.165, 1.54) is 4.88 Å². The van der Waals surface area contributed by atoms with E-state index in [0.717, 1.165) is 45.4 Å². The number of hydrogen-bond donors (Lipinski definition) is 1. The number of carbonyl (C=O) groups excluding carboxylic acids is 1. The van der Waals surface area contributed by atoms with Crippen LogP contribution in [-0.4, -0.2) is 30.4 Å². The number of nitrogens with zero attached hydrogens (tertiary/aromatic N) is 1. The Bertz CT molecular complexity index is 324. The van der Waals surface area contributed by atoms with Gasteiger partial charge in [0.05, 0.1) is 0 Å². The van der Waals surface area contributed by atoms with Crippen LogP contribution >= 0.6 is 11.3 Å². The molecule has 3 nitrogen and oxygen atoms in total. The minimum absolute atomic E-state index is 0.332. The zero-order valence-electron chi connectivity index (χ0n) is 9.45. The molecule has 1 aliphatic rings. The predicted molar refractivity (Wildman–Crippen MR) is 66.5 cm³/mol. The lowest BCUT2D eigenvalue weighted by Gasteiger charge is -2.15. The molecule has 2 heterocycles. The SMILES string of the molecule is O=C1CCCN1CCCNCc1cccs1. The number of nitrogens with one attached hydrogen (secondary N) is 1. The maximum Gasteiger partial charge on any atom is 0.222 e. The lowest BCUT2D eigenvalue weighted by atomic mass is 10.3. The summed E-state index contributed by atoms with van der Waals surface area (Å²) in [5, 5.41) is 5.50. The summed E-state index contributed by atoms with van der Waals surface area (Å²) in [5.41, 5.74) is 0. The summed E-state index contributed by atoms with van der Waals surface area (Å²) < 4.78 is 0. The first-order valence-electron chi connectivity index (χ1n) is 5.87. The predicted octanol–water partition coefficient (Wildman–Crippen LogP) is 1.85. The van der Waals surface area contributed by atoms with E-state index in [0.29, 0.717) is 5.91 Å². The van der Waals surface area contributed by atoms with Gasteiger partial charge in [-0.3, -0.25) is 4.79 Å². The Kier molecular flexibility index (Phi) is 4.36. The second-order valence-corrected chi connectivity index (χ2v) is 5.13. The van der Waals surface area contributed by atoms with Crippen LogP contribution in [-0.2, 0) is 11.3 Å². The Morgan fingerprint density at radius 3 is 3.12 bits per heavy atom. The van der Waals surface area contributed by atoms with E-state index < -0.39 is 0 Å². The Hall–Kier alpha value is -0.870. The van der Waals surface area contributed by atoms with E-state index in [1.54, 1.807) is 11.3 Å². The van der Waals surface area contributed by atoms with Crippen molar-refractivity contribution in [2.24, 2.45) is 0 Å². The standard InChI is InChI=1S/C12H18N2OS/c15-12-5-1-7-14(12)8-3-6-13-10-11-4-2-9-16-11/h2,4,9,13H,1,3,5-8,10H2. The summed E-state index contributed by atoms with van der Waals surface area (Å²) in [5.74, 6) is 0.332. The van der Waals surface area contributed by atoms with Crippen molar-refractivity contribution in [2.75, 3.05) is 19.6 Å². The molecule has 0 atom stereocenters. The molecule has 1 N–H and O–H groups in total. The van der Waals surface area contributed by atoms with Crippen LogP contribution in [0, 0.1) is 0 Å². The first-order valence-corrected chi connectivity index (χ1v) is 6.75. The zero-order chi connectivity index (χ0) is 11.2. The van der Waals surface area contributed by atoms with Crippen LogP contribution < -0.4 is 5.32 Å². The van der Waals surface area contributed by atoms with Crippen LogP contribution in [0.2, 0.25) is 0 Å². The molecular formula is C12H18N2OS. The van der Waals surface area contributed by atoms with Gasteiger partial charge in [-0.1, -0.05) is 6.07 Å². The largest absolute Gasteiger partial charge is 0.343 e. The molecule has 0 spiro atoms. The molecule has 2 rings (SSSR count). The van der Waals surface area contributed by atoms with Crippen LogP contribution in [0.1, 0.15) is 24.1 Å². The molecule has 1 aliphatic heterocycles. The van der Waals surface area contributed by atoms with E-state index in [-0.39, 0.29) is 0 Å². The summed E-state index contributed by atoms with van der Waals surface area (Å²) in [7, 11) is 0. The maximum absolute atomic E-state index is 11.3. The molecule has 0 aliphatic carbocycles. The van der Waals surface area contributed by atoms with Gasteiger partial charge >= 0.3 is 0 Å². The fourth-order valence-corrected chi connectivity index (χ4v) is 2.63. The molecule has 0 aromatic carbocycles. The number of amides is 1. The molecule has 16 heavy (non-hydrogen) atoms. The van der Waals surface area contributed by atoms with E-state index in [1.807, 2.05) is 4.90 Å². The van der Waals surface area contributed by atoms with Crippen molar-refractivity contribution in [1.29, 1.82) is 0 Å². The molecular weight excluding hydrogens is 220 g/mol. The topological polar surface area (TPSA) is 32.3 Å². The smallest absolute Gasteiger partial charge is 0.222 e. The van der Waals surface area contributed by atoms with E-state index in [9.17, 15) is 4.79 Å². The summed E-state index contributed by atoms with van der Waals surface area (Å²) in [4.78, 5) is 14.7. The Labute approximate surface area is 100 Å². The summed E-state index contributed by atoms with van der Waals surface area (Å²) in [6.07, 6.45) is 2.85. The van der Waals surface area contributed by atoms with Crippen molar-refractivity contribution >= 4 is 17.2 Å². The second kappa shape index (κ2) is 6.01. The van der Waals surface area contributed by atoms with Crippen LogP contribution in [0.3, 0.4) is 0 Å². The minimum atomic E-state index is 0.332. The Morgan fingerprint density at radius 1 is 1.50 bits per heavy atom. The van der Waals surface area contributed by atoms with Crippen molar-refractivity contribution < 1.29 is 4.79 Å². The van der Waals surface area contributed by atoms with Crippen molar-refractivity contribution in [1.82, 2.24) is 10.2 Å². The van der Waals surface area contributed by atoms with Gasteiger partial charge in [-0.05, 0) is 30.8 Å². The van der Waals surface area contributed by atoms with E-state index >= 15 is 0 Å². The average Bonchev–Trinajstić information content (AvgIpc) is 2.90. The summed E-state index contributed by atoms with van der Waals surface area (Å²) >= 11 is 1.78. The third-order valence-electron chi connectivity index (χ3n) is 2.83. The molecule has 0 bridgehead atoms. The minimum Gasteiger partial charge on any atom is -0.343 e. The highest BCUT2D eigenvalue weighted by molar-refractivity contribution is 7.09. The van der Waals surface area contributed by atoms with Crippen molar-refractivity contribution in [2.45, 2.75) is 25.8 Å². The highest BCUT2D eigenvalue weighted by Gasteiger charge is 2.18. The number of carbonyl (C=O) groups is 1. The molecule has 88 valence electrons. The highest BCUT2D eigenvalue weighted by atomic mass is 32.1. The molecule has 1 aromatic rings. The van der Waals surface area contributed by atoms with Gasteiger partial charge < -0.3 is 10.2 Å². The molecule has 0 saturated carbocycles. The maximum atomic E-state index is 11.3. The summed E-state index contributed by atoms with van der Waals surface area (Å²) in [6.45, 7) is 3.81. The number of thiophene rings is 1. The zero-order valence-corrected chi connectivity index (χ0v) is 10.3. The van der Waals surface area contributed by atoms with Gasteiger partial charge in [-0.2, -0.15) is 0 Å². The number of likely N-dealkylation sites (tertiary alicyclic amines) is 1. The number of hydrogen-bond acceptors (Lipinski definition) is 3. The number of rotatable bonds is 6. The average molecular weight is 238 g/mol. The first-order chi connectivity index (χ1) is 7.86. The highest BCUT2D eigenvalue weighted by Crippen LogP contribution is 2.10. The molecule has 1 aromatic heterocycles. The van der Waals surface area contributed by atoms with Crippen LogP contribution in [0.4, 0.5) is 0 Å². The van der Waals surface area contributed by atoms with Gasteiger partial charge in [0.1, 0.15) is 0 Å². The molecule has 1 amide bonds. The third kappa shape index (κ3) is 3.32. The van der Waals surface area contributed by atoms with Crippen LogP contribution in [0.25, 0.3) is 0 Å². The third-order valence-corrected chi connectivity index (χ3v) is 3.71. The van der Waals surface area contributed by atoms with Gasteiger partial charge in [0.25, 0.3) is 0 Å². The van der Waals surface area contributed by atoms with Crippen LogP contribution in [0.15, 0.2) is 17.5 Å². The molecule has 0 unspecified atom stereocenters. The van der Waals surface area contributed by atoms with Crippen LogP contribution in [0.5, 0.6) is 0 Å². The monoisotopic (exact) mass is 238 g/mol.